The average molecular weight is 323 g/mol. The quantitative estimate of drug-likeness (QED) is 0.346. The van der Waals surface area contributed by atoms with Gasteiger partial charge < -0.3 is 28.6 Å². The normalized spacial score (nSPS) is 11.2. The number of urea groups is 1. The fraction of sp³-hybridized carbons (Fsp3) is 0.818. The molecule has 3 N–H and O–H groups in total. The lowest BCUT2D eigenvalue weighted by molar-refractivity contribution is -0.135. The lowest BCUT2D eigenvalue weighted by Gasteiger charge is -2.29. The molecule has 0 bridgehead atoms. The Hall–Kier alpha value is -1.20. The van der Waals surface area contributed by atoms with Gasteiger partial charge in [0.1, 0.15) is 0 Å². The number of aliphatic carboxylic acids is 1. The molecule has 0 spiro atoms. The lowest BCUT2D eigenvalue weighted by Crippen LogP contribution is -2.62. The fourth-order valence-electron chi connectivity index (χ4n) is 1.61. The van der Waals surface area contributed by atoms with Crippen molar-refractivity contribution < 1.29 is 28.0 Å². The van der Waals surface area contributed by atoms with E-state index in [9.17, 15) is 9.59 Å². The molecule has 0 rings (SSSR count). The number of nitrogens with one attached hydrogen (secondary N) is 2. The Bertz CT molecular complexity index is 319. The summed E-state index contributed by atoms with van der Waals surface area (Å²) in [6, 6.07) is -0.369. The predicted molar refractivity (Wildman–Crippen MR) is 77.7 cm³/mol. The van der Waals surface area contributed by atoms with Crippen molar-refractivity contribution in [1.82, 2.24) is 15.2 Å². The Kier molecular flexibility index (Phi) is 9.91. The number of carbonyl (C=O) groups excluding carboxylic acids is 1. The van der Waals surface area contributed by atoms with Gasteiger partial charge in [0.15, 0.2) is 0 Å². The molecule has 124 valence electrons. The van der Waals surface area contributed by atoms with Gasteiger partial charge in [-0.05, 0) is 6.42 Å². The van der Waals surface area contributed by atoms with Crippen molar-refractivity contribution in [1.29, 1.82) is 0 Å². The van der Waals surface area contributed by atoms with E-state index in [1.54, 1.807) is 4.90 Å². The van der Waals surface area contributed by atoms with E-state index in [0.29, 0.717) is 19.6 Å². The van der Waals surface area contributed by atoms with Gasteiger partial charge in [-0.3, -0.25) is 9.78 Å². The SMILES string of the molecule is CCCN(CCNCC(=O)O)C(=O)N[Si](OC)(OC)OC. The highest BCUT2D eigenvalue weighted by molar-refractivity contribution is 6.60. The van der Waals surface area contributed by atoms with Crippen LogP contribution in [0.4, 0.5) is 4.79 Å². The molecule has 0 aliphatic rings. The number of hydrogen-bond donors (Lipinski definition) is 3. The second-order valence-corrected chi connectivity index (χ2v) is 6.74. The molecule has 0 aromatic carbocycles. The summed E-state index contributed by atoms with van der Waals surface area (Å²) in [6.45, 7) is 3.07. The van der Waals surface area contributed by atoms with Gasteiger partial charge in [0, 0.05) is 41.0 Å². The van der Waals surface area contributed by atoms with Crippen LogP contribution in [0, 0.1) is 0 Å². The first kappa shape index (κ1) is 19.8. The van der Waals surface area contributed by atoms with Crippen molar-refractivity contribution in [3.05, 3.63) is 0 Å². The molecular weight excluding hydrogens is 298 g/mol. The molecule has 10 heteroatoms. The highest BCUT2D eigenvalue weighted by Crippen LogP contribution is 2.03. The van der Waals surface area contributed by atoms with Crippen LogP contribution in [-0.4, -0.2) is 78.5 Å². The van der Waals surface area contributed by atoms with Gasteiger partial charge in [0.05, 0.1) is 6.54 Å². The van der Waals surface area contributed by atoms with Gasteiger partial charge in [-0.1, -0.05) is 6.92 Å². The summed E-state index contributed by atoms with van der Waals surface area (Å²) in [5.41, 5.74) is 0. The molecule has 0 radical (unpaired) electrons. The number of rotatable bonds is 11. The summed E-state index contributed by atoms with van der Waals surface area (Å²) >= 11 is 0. The Balaban J connectivity index is 4.49. The molecule has 0 aromatic heterocycles. The van der Waals surface area contributed by atoms with Gasteiger partial charge in [0.2, 0.25) is 0 Å². The first-order valence-electron chi connectivity index (χ1n) is 6.59. The molecule has 0 fully saturated rings. The van der Waals surface area contributed by atoms with E-state index in [2.05, 4.69) is 10.3 Å². The Morgan fingerprint density at radius 1 is 1.14 bits per heavy atom. The number of nitrogens with zero attached hydrogens (tertiary/aromatic N) is 1. The second-order valence-electron chi connectivity index (χ2n) is 4.16. The minimum Gasteiger partial charge on any atom is -0.480 e. The van der Waals surface area contributed by atoms with E-state index in [1.807, 2.05) is 6.92 Å². The van der Waals surface area contributed by atoms with E-state index in [0.717, 1.165) is 6.42 Å². The van der Waals surface area contributed by atoms with E-state index >= 15 is 0 Å². The van der Waals surface area contributed by atoms with Gasteiger partial charge in [0.25, 0.3) is 0 Å². The zero-order valence-corrected chi connectivity index (χ0v) is 14.0. The van der Waals surface area contributed by atoms with Crippen LogP contribution in [0.3, 0.4) is 0 Å². The number of hydrogen-bond acceptors (Lipinski definition) is 6. The third kappa shape index (κ3) is 7.39. The Morgan fingerprint density at radius 2 is 1.71 bits per heavy atom. The van der Waals surface area contributed by atoms with Crippen LogP contribution in [-0.2, 0) is 18.1 Å². The van der Waals surface area contributed by atoms with Crippen LogP contribution in [0.15, 0.2) is 0 Å². The number of carbonyl (C=O) groups is 2. The van der Waals surface area contributed by atoms with Gasteiger partial charge in [-0.15, -0.1) is 0 Å². The Morgan fingerprint density at radius 3 is 2.14 bits per heavy atom. The van der Waals surface area contributed by atoms with Crippen molar-refractivity contribution in [2.45, 2.75) is 13.3 Å². The van der Waals surface area contributed by atoms with Crippen molar-refractivity contribution in [2.24, 2.45) is 0 Å². The molecule has 0 heterocycles. The van der Waals surface area contributed by atoms with Crippen LogP contribution in [0.25, 0.3) is 0 Å². The summed E-state index contributed by atoms with van der Waals surface area (Å²) < 4.78 is 15.4. The minimum absolute atomic E-state index is 0.144. The van der Waals surface area contributed by atoms with Crippen molar-refractivity contribution in [2.75, 3.05) is 47.5 Å². The van der Waals surface area contributed by atoms with Crippen molar-refractivity contribution >= 4 is 21.0 Å². The second kappa shape index (κ2) is 10.5. The van der Waals surface area contributed by atoms with E-state index in [-0.39, 0.29) is 12.6 Å². The van der Waals surface area contributed by atoms with Crippen LogP contribution in [0.1, 0.15) is 13.3 Å². The maximum atomic E-state index is 12.2. The molecule has 0 unspecified atom stereocenters. The number of carboxylic acids is 1. The number of amides is 2. The summed E-state index contributed by atoms with van der Waals surface area (Å²) in [4.78, 5) is 26.8. The zero-order valence-electron chi connectivity index (χ0n) is 13.0. The summed E-state index contributed by atoms with van der Waals surface area (Å²) in [7, 11) is 1.01. The minimum atomic E-state index is -3.19. The molecule has 9 nitrogen and oxygen atoms in total. The molecular formula is C11H25N3O6Si. The van der Waals surface area contributed by atoms with E-state index < -0.39 is 14.9 Å². The van der Waals surface area contributed by atoms with Gasteiger partial charge in [-0.25, -0.2) is 4.79 Å². The molecule has 0 saturated carbocycles. The topological polar surface area (TPSA) is 109 Å². The van der Waals surface area contributed by atoms with Crippen LogP contribution >= 0.6 is 0 Å². The largest absolute Gasteiger partial charge is 0.633 e. The number of carboxylic acid groups (broad SMARTS) is 1. The molecule has 2 amide bonds. The molecule has 0 aliphatic heterocycles. The van der Waals surface area contributed by atoms with E-state index in [1.165, 1.54) is 21.3 Å². The van der Waals surface area contributed by atoms with E-state index in [4.69, 9.17) is 18.4 Å². The highest BCUT2D eigenvalue weighted by Gasteiger charge is 2.42. The highest BCUT2D eigenvalue weighted by atomic mass is 28.4. The first-order valence-corrected chi connectivity index (χ1v) is 8.32. The predicted octanol–water partition coefficient (Wildman–Crippen LogP) is -0.543. The van der Waals surface area contributed by atoms with Gasteiger partial charge >= 0.3 is 21.0 Å². The van der Waals surface area contributed by atoms with Crippen LogP contribution < -0.4 is 10.3 Å². The van der Waals surface area contributed by atoms with Crippen molar-refractivity contribution in [3.63, 3.8) is 0 Å². The maximum absolute atomic E-state index is 12.2. The standard InChI is InChI=1S/C11H25N3O6Si/c1-5-7-14(8-6-12-9-10(15)16)11(17)13-21(18-2,19-3)20-4/h12H,5-9H2,1-4H3,(H,13,17)(H,15,16). The van der Waals surface area contributed by atoms with Crippen LogP contribution in [0.2, 0.25) is 0 Å². The fourth-order valence-corrected chi connectivity index (χ4v) is 2.83. The van der Waals surface area contributed by atoms with Gasteiger partial charge in [-0.2, -0.15) is 0 Å². The monoisotopic (exact) mass is 323 g/mol. The smallest absolute Gasteiger partial charge is 0.480 e. The third-order valence-electron chi connectivity index (χ3n) is 2.68. The molecule has 0 aromatic rings. The summed E-state index contributed by atoms with van der Waals surface area (Å²) in [5, 5.41) is 11.3. The first-order chi connectivity index (χ1) is 9.94. The van der Waals surface area contributed by atoms with Crippen molar-refractivity contribution in [3.8, 4) is 0 Å². The molecule has 0 saturated heterocycles. The van der Waals surface area contributed by atoms with Crippen LogP contribution in [0.5, 0.6) is 0 Å². The maximum Gasteiger partial charge on any atom is 0.633 e. The average Bonchev–Trinajstić information content (AvgIpc) is 2.47. The molecule has 21 heavy (non-hydrogen) atoms. The summed E-state index contributed by atoms with van der Waals surface area (Å²) in [5.74, 6) is -0.939. The Labute approximate surface area is 126 Å². The third-order valence-corrected chi connectivity index (χ3v) is 4.81. The lowest BCUT2D eigenvalue weighted by atomic mass is 10.4. The molecule has 0 atom stereocenters. The molecule has 0 aliphatic carbocycles. The summed E-state index contributed by atoms with van der Waals surface area (Å²) in [6.07, 6.45) is 0.772. The zero-order chi connectivity index (χ0) is 16.3.